The van der Waals surface area contributed by atoms with Crippen LogP contribution in [0.1, 0.15) is 19.4 Å². The molecule has 0 aromatic carbocycles. The maximum Gasteiger partial charge on any atom is 0.244 e. The summed E-state index contributed by atoms with van der Waals surface area (Å²) >= 11 is 0. The third kappa shape index (κ3) is 2.61. The van der Waals surface area contributed by atoms with Crippen LogP contribution in [-0.4, -0.2) is 35.3 Å². The maximum absolute atomic E-state index is 11.8. The van der Waals surface area contributed by atoms with E-state index in [1.165, 1.54) is 0 Å². The van der Waals surface area contributed by atoms with E-state index in [9.17, 15) is 4.79 Å². The molecule has 2 atom stereocenters. The first-order valence-corrected chi connectivity index (χ1v) is 5.75. The van der Waals surface area contributed by atoms with Gasteiger partial charge in [-0.25, -0.2) is 0 Å². The zero-order chi connectivity index (χ0) is 11.4. The lowest BCUT2D eigenvalue weighted by atomic mass is 10.1. The quantitative estimate of drug-likeness (QED) is 0.763. The van der Waals surface area contributed by atoms with Gasteiger partial charge in [-0.3, -0.25) is 9.48 Å². The van der Waals surface area contributed by atoms with E-state index in [4.69, 9.17) is 0 Å². The van der Waals surface area contributed by atoms with E-state index in [1.807, 2.05) is 13.0 Å². The Balaban J connectivity index is 1.79. The van der Waals surface area contributed by atoms with Gasteiger partial charge >= 0.3 is 0 Å². The predicted molar refractivity (Wildman–Crippen MR) is 60.9 cm³/mol. The van der Waals surface area contributed by atoms with Gasteiger partial charge in [-0.05, 0) is 38.4 Å². The lowest BCUT2D eigenvalue weighted by Crippen LogP contribution is -2.35. The van der Waals surface area contributed by atoms with E-state index in [1.54, 1.807) is 17.1 Å². The summed E-state index contributed by atoms with van der Waals surface area (Å²) in [5.74, 6) is 0.615. The van der Waals surface area contributed by atoms with Gasteiger partial charge in [-0.1, -0.05) is 0 Å². The zero-order valence-electron chi connectivity index (χ0n) is 9.52. The normalized spacial score (nSPS) is 21.9. The summed E-state index contributed by atoms with van der Waals surface area (Å²) in [6.07, 6.45) is 4.64. The molecule has 0 aliphatic carbocycles. The molecule has 2 N–H and O–H groups in total. The Hall–Kier alpha value is -1.36. The molecule has 1 aromatic heterocycles. The monoisotopic (exact) mass is 222 g/mol. The van der Waals surface area contributed by atoms with Crippen molar-refractivity contribution in [3.05, 3.63) is 18.5 Å². The van der Waals surface area contributed by atoms with Crippen LogP contribution in [0.4, 0.5) is 0 Å². The highest BCUT2D eigenvalue weighted by Gasteiger charge is 2.18. The third-order valence-corrected chi connectivity index (χ3v) is 3.03. The molecule has 16 heavy (non-hydrogen) atoms. The molecule has 2 rings (SSSR count). The Labute approximate surface area is 95.2 Å². The van der Waals surface area contributed by atoms with Crippen molar-refractivity contribution in [2.45, 2.75) is 19.4 Å². The van der Waals surface area contributed by atoms with Crippen LogP contribution < -0.4 is 10.6 Å². The maximum atomic E-state index is 11.8. The first kappa shape index (κ1) is 11.1. The molecule has 1 amide bonds. The number of nitrogens with one attached hydrogen (secondary N) is 2. The first-order chi connectivity index (χ1) is 7.77. The van der Waals surface area contributed by atoms with Crippen LogP contribution in [0, 0.1) is 5.92 Å². The van der Waals surface area contributed by atoms with E-state index < -0.39 is 0 Å². The van der Waals surface area contributed by atoms with Crippen molar-refractivity contribution < 1.29 is 4.79 Å². The third-order valence-electron chi connectivity index (χ3n) is 3.03. The van der Waals surface area contributed by atoms with Gasteiger partial charge in [-0.15, -0.1) is 0 Å². The smallest absolute Gasteiger partial charge is 0.244 e. The average Bonchev–Trinajstić information content (AvgIpc) is 2.96. The second-order valence-electron chi connectivity index (χ2n) is 4.27. The Morgan fingerprint density at radius 3 is 3.25 bits per heavy atom. The average molecular weight is 222 g/mol. The highest BCUT2D eigenvalue weighted by atomic mass is 16.2. The minimum absolute atomic E-state index is 0.0376. The summed E-state index contributed by atoms with van der Waals surface area (Å²) in [5, 5.41) is 10.3. The van der Waals surface area contributed by atoms with Crippen molar-refractivity contribution in [3.63, 3.8) is 0 Å². The number of hydrogen-bond donors (Lipinski definition) is 2. The van der Waals surface area contributed by atoms with Crippen molar-refractivity contribution in [2.75, 3.05) is 19.6 Å². The topological polar surface area (TPSA) is 59.0 Å². The number of rotatable bonds is 4. The van der Waals surface area contributed by atoms with Crippen LogP contribution >= 0.6 is 0 Å². The van der Waals surface area contributed by atoms with Crippen LogP contribution in [0.15, 0.2) is 18.5 Å². The van der Waals surface area contributed by atoms with Gasteiger partial charge < -0.3 is 10.6 Å². The van der Waals surface area contributed by atoms with Crippen molar-refractivity contribution in [3.8, 4) is 0 Å². The van der Waals surface area contributed by atoms with Gasteiger partial charge in [0, 0.05) is 18.9 Å². The Morgan fingerprint density at radius 1 is 1.75 bits per heavy atom. The van der Waals surface area contributed by atoms with Crippen LogP contribution in [0.2, 0.25) is 0 Å². The van der Waals surface area contributed by atoms with Gasteiger partial charge in [0.1, 0.15) is 6.04 Å². The molecule has 0 saturated carbocycles. The molecular formula is C11H18N4O. The van der Waals surface area contributed by atoms with Gasteiger partial charge in [0.25, 0.3) is 0 Å². The minimum Gasteiger partial charge on any atom is -0.354 e. The number of carbonyl (C=O) groups excluding carboxylic acids is 1. The molecular weight excluding hydrogens is 204 g/mol. The van der Waals surface area contributed by atoms with Crippen LogP contribution in [-0.2, 0) is 4.79 Å². The molecule has 5 heteroatoms. The Bertz CT molecular complexity index is 330. The molecule has 1 aliphatic heterocycles. The van der Waals surface area contributed by atoms with Gasteiger partial charge in [0.15, 0.2) is 0 Å². The Morgan fingerprint density at radius 2 is 2.62 bits per heavy atom. The minimum atomic E-state index is -0.232. The molecule has 2 heterocycles. The van der Waals surface area contributed by atoms with Crippen LogP contribution in [0.3, 0.4) is 0 Å². The van der Waals surface area contributed by atoms with Crippen molar-refractivity contribution in [1.29, 1.82) is 0 Å². The molecule has 0 radical (unpaired) electrons. The number of amides is 1. The largest absolute Gasteiger partial charge is 0.354 e. The van der Waals surface area contributed by atoms with Crippen molar-refractivity contribution >= 4 is 5.91 Å². The number of hydrogen-bond acceptors (Lipinski definition) is 3. The van der Waals surface area contributed by atoms with Crippen molar-refractivity contribution in [2.24, 2.45) is 5.92 Å². The summed E-state index contributed by atoms with van der Waals surface area (Å²) in [4.78, 5) is 11.8. The molecule has 0 spiro atoms. The second-order valence-corrected chi connectivity index (χ2v) is 4.27. The van der Waals surface area contributed by atoms with Gasteiger partial charge in [-0.2, -0.15) is 5.10 Å². The SMILES string of the molecule is CC(C(=O)NCC1CCNC1)n1cccn1. The molecule has 1 aliphatic rings. The number of nitrogens with zero attached hydrogens (tertiary/aromatic N) is 2. The fourth-order valence-electron chi connectivity index (χ4n) is 1.91. The standard InChI is InChI=1S/C11H18N4O/c1-9(15-6-2-4-14-15)11(16)13-8-10-3-5-12-7-10/h2,4,6,9-10,12H,3,5,7-8H2,1H3,(H,13,16). The lowest BCUT2D eigenvalue weighted by molar-refractivity contribution is -0.124. The molecule has 5 nitrogen and oxygen atoms in total. The molecule has 1 aromatic rings. The highest BCUT2D eigenvalue weighted by molar-refractivity contribution is 5.79. The molecule has 88 valence electrons. The molecule has 2 unspecified atom stereocenters. The van der Waals surface area contributed by atoms with E-state index in [-0.39, 0.29) is 11.9 Å². The fourth-order valence-corrected chi connectivity index (χ4v) is 1.91. The first-order valence-electron chi connectivity index (χ1n) is 5.75. The predicted octanol–water partition coefficient (Wildman–Crippen LogP) is 0.170. The summed E-state index contributed by atoms with van der Waals surface area (Å²) < 4.78 is 1.67. The lowest BCUT2D eigenvalue weighted by Gasteiger charge is -2.14. The van der Waals surface area contributed by atoms with Gasteiger partial charge in [0.2, 0.25) is 5.91 Å². The Kier molecular flexibility index (Phi) is 3.56. The number of aromatic nitrogens is 2. The molecule has 0 bridgehead atoms. The van der Waals surface area contributed by atoms with Gasteiger partial charge in [0.05, 0.1) is 0 Å². The van der Waals surface area contributed by atoms with Crippen LogP contribution in [0.5, 0.6) is 0 Å². The zero-order valence-corrected chi connectivity index (χ0v) is 9.52. The van der Waals surface area contributed by atoms with E-state index in [2.05, 4.69) is 15.7 Å². The summed E-state index contributed by atoms with van der Waals surface area (Å²) in [6, 6.07) is 1.59. The van der Waals surface area contributed by atoms with E-state index in [0.717, 1.165) is 26.1 Å². The summed E-state index contributed by atoms with van der Waals surface area (Å²) in [6.45, 7) is 4.69. The summed E-state index contributed by atoms with van der Waals surface area (Å²) in [7, 11) is 0. The molecule has 1 saturated heterocycles. The van der Waals surface area contributed by atoms with Crippen LogP contribution in [0.25, 0.3) is 0 Å². The van der Waals surface area contributed by atoms with E-state index >= 15 is 0 Å². The number of carbonyl (C=O) groups is 1. The summed E-state index contributed by atoms with van der Waals surface area (Å²) in [5.41, 5.74) is 0. The highest BCUT2D eigenvalue weighted by Crippen LogP contribution is 2.07. The van der Waals surface area contributed by atoms with E-state index in [0.29, 0.717) is 5.92 Å². The van der Waals surface area contributed by atoms with Crippen molar-refractivity contribution in [1.82, 2.24) is 20.4 Å². The molecule has 1 fully saturated rings. The fraction of sp³-hybridized carbons (Fsp3) is 0.636. The second kappa shape index (κ2) is 5.12.